The number of halogens is 2. The summed E-state index contributed by atoms with van der Waals surface area (Å²) in [5.74, 6) is -0.240. The Morgan fingerprint density at radius 3 is 2.36 bits per heavy atom. The van der Waals surface area contributed by atoms with Gasteiger partial charge in [0.1, 0.15) is 0 Å². The predicted octanol–water partition coefficient (Wildman–Crippen LogP) is 6.53. The number of amides is 1. The van der Waals surface area contributed by atoms with E-state index in [2.05, 4.69) is 15.5 Å². The van der Waals surface area contributed by atoms with E-state index in [1.54, 1.807) is 24.3 Å². The Morgan fingerprint density at radius 2 is 1.61 bits per heavy atom. The van der Waals surface area contributed by atoms with E-state index in [-0.39, 0.29) is 5.91 Å². The molecule has 0 spiro atoms. The highest BCUT2D eigenvalue weighted by Gasteiger charge is 2.20. The highest BCUT2D eigenvalue weighted by Crippen LogP contribution is 2.31. The SMILES string of the molecule is O=C(NCc1ccccc1Cl)c1cc(-c2ccc(Cl)cc2)nc2n[nH]c(-c3ccccc3)c12. The number of carbonyl (C=O) groups is 1. The summed E-state index contributed by atoms with van der Waals surface area (Å²) in [6.07, 6.45) is 0. The van der Waals surface area contributed by atoms with Crippen LogP contribution in [0.3, 0.4) is 0 Å². The maximum absolute atomic E-state index is 13.4. The molecule has 5 aromatic rings. The molecule has 3 aromatic carbocycles. The van der Waals surface area contributed by atoms with E-state index in [9.17, 15) is 4.79 Å². The van der Waals surface area contributed by atoms with Crippen molar-refractivity contribution >= 4 is 40.1 Å². The molecule has 0 aliphatic rings. The minimum atomic E-state index is -0.240. The molecule has 1 amide bonds. The smallest absolute Gasteiger partial charge is 0.252 e. The second-order valence-electron chi connectivity index (χ2n) is 7.50. The number of pyridine rings is 1. The van der Waals surface area contributed by atoms with Crippen molar-refractivity contribution in [3.05, 3.63) is 106 Å². The Balaban J connectivity index is 1.61. The monoisotopic (exact) mass is 472 g/mol. The fraction of sp³-hybridized carbons (Fsp3) is 0.0385. The van der Waals surface area contributed by atoms with Crippen LogP contribution in [0.4, 0.5) is 0 Å². The molecule has 0 aliphatic carbocycles. The Labute approximate surface area is 200 Å². The number of carbonyl (C=O) groups excluding carboxylic acids is 1. The molecular formula is C26H18Cl2N4O. The van der Waals surface area contributed by atoms with Crippen molar-refractivity contribution in [3.8, 4) is 22.5 Å². The first-order chi connectivity index (χ1) is 16.1. The van der Waals surface area contributed by atoms with Gasteiger partial charge in [0, 0.05) is 27.7 Å². The lowest BCUT2D eigenvalue weighted by atomic mass is 10.0. The molecular weight excluding hydrogens is 455 g/mol. The maximum Gasteiger partial charge on any atom is 0.252 e. The topological polar surface area (TPSA) is 70.7 Å². The molecule has 2 N–H and O–H groups in total. The van der Waals surface area contributed by atoms with E-state index in [1.165, 1.54) is 0 Å². The van der Waals surface area contributed by atoms with Crippen molar-refractivity contribution in [1.82, 2.24) is 20.5 Å². The minimum absolute atomic E-state index is 0.240. The molecule has 33 heavy (non-hydrogen) atoms. The lowest BCUT2D eigenvalue weighted by Gasteiger charge is -2.11. The van der Waals surface area contributed by atoms with Crippen LogP contribution in [0.15, 0.2) is 84.9 Å². The molecule has 2 aromatic heterocycles. The zero-order valence-corrected chi connectivity index (χ0v) is 18.9. The van der Waals surface area contributed by atoms with Gasteiger partial charge in [0.25, 0.3) is 5.91 Å². The molecule has 5 nitrogen and oxygen atoms in total. The summed E-state index contributed by atoms with van der Waals surface area (Å²) in [7, 11) is 0. The standard InChI is InChI=1S/C26H18Cl2N4O/c27-19-12-10-16(11-13-19)22-14-20(26(33)29-15-18-8-4-5-9-21(18)28)23-24(31-32-25(23)30-22)17-6-2-1-3-7-17/h1-14H,15H2,(H,29,33)(H,30,31,32). The van der Waals surface area contributed by atoms with Gasteiger partial charge in [-0.3, -0.25) is 9.89 Å². The van der Waals surface area contributed by atoms with Gasteiger partial charge in [-0.25, -0.2) is 4.98 Å². The van der Waals surface area contributed by atoms with Gasteiger partial charge in [-0.05, 0) is 29.8 Å². The van der Waals surface area contributed by atoms with Gasteiger partial charge in [-0.2, -0.15) is 5.10 Å². The minimum Gasteiger partial charge on any atom is -0.348 e. The Morgan fingerprint density at radius 1 is 0.879 bits per heavy atom. The lowest BCUT2D eigenvalue weighted by Crippen LogP contribution is -2.23. The summed E-state index contributed by atoms with van der Waals surface area (Å²) in [5.41, 5.74) is 4.91. The van der Waals surface area contributed by atoms with E-state index in [0.29, 0.717) is 38.9 Å². The number of rotatable bonds is 5. The molecule has 162 valence electrons. The van der Waals surface area contributed by atoms with Crippen LogP contribution in [-0.2, 0) is 6.54 Å². The van der Waals surface area contributed by atoms with Crippen LogP contribution in [0.1, 0.15) is 15.9 Å². The van der Waals surface area contributed by atoms with E-state index >= 15 is 0 Å². The van der Waals surface area contributed by atoms with Gasteiger partial charge in [0.15, 0.2) is 5.65 Å². The highest BCUT2D eigenvalue weighted by molar-refractivity contribution is 6.31. The number of hydrogen-bond acceptors (Lipinski definition) is 3. The molecule has 0 aliphatic heterocycles. The van der Waals surface area contributed by atoms with Gasteiger partial charge in [-0.1, -0.05) is 83.9 Å². The summed E-state index contributed by atoms with van der Waals surface area (Å²) in [6, 6.07) is 26.3. The number of aromatic nitrogens is 3. The molecule has 0 radical (unpaired) electrons. The van der Waals surface area contributed by atoms with Crippen LogP contribution < -0.4 is 5.32 Å². The van der Waals surface area contributed by atoms with Gasteiger partial charge in [0.05, 0.1) is 22.3 Å². The van der Waals surface area contributed by atoms with E-state index < -0.39 is 0 Å². The largest absolute Gasteiger partial charge is 0.348 e. The van der Waals surface area contributed by atoms with E-state index in [1.807, 2.05) is 60.7 Å². The van der Waals surface area contributed by atoms with Crippen molar-refractivity contribution in [3.63, 3.8) is 0 Å². The molecule has 7 heteroatoms. The first-order valence-corrected chi connectivity index (χ1v) is 11.1. The third-order valence-electron chi connectivity index (χ3n) is 5.37. The fourth-order valence-electron chi connectivity index (χ4n) is 3.70. The highest BCUT2D eigenvalue weighted by atomic mass is 35.5. The van der Waals surface area contributed by atoms with E-state index in [0.717, 1.165) is 22.4 Å². The number of H-pyrrole nitrogens is 1. The number of hydrogen-bond donors (Lipinski definition) is 2. The van der Waals surface area contributed by atoms with Gasteiger partial charge in [0.2, 0.25) is 0 Å². The Hall–Kier alpha value is -3.67. The molecule has 2 heterocycles. The Bertz CT molecular complexity index is 1450. The molecule has 0 bridgehead atoms. The first-order valence-electron chi connectivity index (χ1n) is 10.3. The van der Waals surface area contributed by atoms with Gasteiger partial charge in [-0.15, -0.1) is 0 Å². The summed E-state index contributed by atoms with van der Waals surface area (Å²) < 4.78 is 0. The third-order valence-corrected chi connectivity index (χ3v) is 5.99. The lowest BCUT2D eigenvalue weighted by molar-refractivity contribution is 0.0952. The average Bonchev–Trinajstić information content (AvgIpc) is 3.28. The zero-order chi connectivity index (χ0) is 22.8. The zero-order valence-electron chi connectivity index (χ0n) is 17.3. The van der Waals surface area contributed by atoms with Crippen molar-refractivity contribution in [2.24, 2.45) is 0 Å². The number of aromatic amines is 1. The van der Waals surface area contributed by atoms with Crippen LogP contribution in [0.25, 0.3) is 33.5 Å². The van der Waals surface area contributed by atoms with Crippen LogP contribution in [0.2, 0.25) is 10.0 Å². The van der Waals surface area contributed by atoms with Gasteiger partial charge < -0.3 is 5.32 Å². The number of nitrogens with zero attached hydrogens (tertiary/aromatic N) is 2. The third kappa shape index (κ3) is 4.33. The quantitative estimate of drug-likeness (QED) is 0.305. The van der Waals surface area contributed by atoms with Crippen molar-refractivity contribution in [2.75, 3.05) is 0 Å². The van der Waals surface area contributed by atoms with E-state index in [4.69, 9.17) is 28.2 Å². The van der Waals surface area contributed by atoms with Crippen molar-refractivity contribution in [1.29, 1.82) is 0 Å². The fourth-order valence-corrected chi connectivity index (χ4v) is 4.03. The number of nitrogens with one attached hydrogen (secondary N) is 2. The van der Waals surface area contributed by atoms with Crippen molar-refractivity contribution < 1.29 is 4.79 Å². The molecule has 0 unspecified atom stereocenters. The number of benzene rings is 3. The number of fused-ring (bicyclic) bond motifs is 1. The summed E-state index contributed by atoms with van der Waals surface area (Å²) in [4.78, 5) is 18.1. The van der Waals surface area contributed by atoms with Gasteiger partial charge >= 0.3 is 0 Å². The summed E-state index contributed by atoms with van der Waals surface area (Å²) in [6.45, 7) is 0.303. The Kier molecular flexibility index (Phi) is 5.82. The van der Waals surface area contributed by atoms with Crippen LogP contribution in [0, 0.1) is 0 Å². The molecule has 0 fully saturated rings. The van der Waals surface area contributed by atoms with Crippen LogP contribution >= 0.6 is 23.2 Å². The van der Waals surface area contributed by atoms with Crippen LogP contribution in [0.5, 0.6) is 0 Å². The average molecular weight is 473 g/mol. The first kappa shape index (κ1) is 21.2. The second-order valence-corrected chi connectivity index (χ2v) is 8.34. The predicted molar refractivity (Wildman–Crippen MR) is 132 cm³/mol. The molecule has 0 saturated carbocycles. The summed E-state index contributed by atoms with van der Waals surface area (Å²) >= 11 is 12.3. The van der Waals surface area contributed by atoms with Crippen molar-refractivity contribution in [2.45, 2.75) is 6.54 Å². The molecule has 0 atom stereocenters. The summed E-state index contributed by atoms with van der Waals surface area (Å²) in [5, 5.41) is 12.4. The maximum atomic E-state index is 13.4. The molecule has 0 saturated heterocycles. The normalized spacial score (nSPS) is 11.0. The molecule has 5 rings (SSSR count). The second kappa shape index (κ2) is 9.06. The van der Waals surface area contributed by atoms with Crippen LogP contribution in [-0.4, -0.2) is 21.1 Å².